The van der Waals surface area contributed by atoms with Gasteiger partial charge in [0.05, 0.1) is 25.5 Å². The lowest BCUT2D eigenvalue weighted by Crippen LogP contribution is -2.35. The Morgan fingerprint density at radius 2 is 1.86 bits per heavy atom. The van der Waals surface area contributed by atoms with Crippen molar-refractivity contribution in [1.82, 2.24) is 9.88 Å². The van der Waals surface area contributed by atoms with Gasteiger partial charge in [-0.3, -0.25) is 9.89 Å². The van der Waals surface area contributed by atoms with Gasteiger partial charge in [-0.15, -0.1) is 0 Å². The highest BCUT2D eigenvalue weighted by Crippen LogP contribution is 2.27. The Bertz CT molecular complexity index is 1160. The number of aliphatic imine (C=N–C) groups is 1. The number of ether oxygens (including phenoxy) is 3. The van der Waals surface area contributed by atoms with Gasteiger partial charge in [0.25, 0.3) is 0 Å². The van der Waals surface area contributed by atoms with Crippen molar-refractivity contribution in [2.24, 2.45) is 4.99 Å². The quantitative estimate of drug-likeness (QED) is 0.195. The second kappa shape index (κ2) is 12.4. The van der Waals surface area contributed by atoms with E-state index in [0.29, 0.717) is 42.7 Å². The molecule has 9 heteroatoms. The molecule has 0 amide bonds. The highest BCUT2D eigenvalue weighted by molar-refractivity contribution is 6.76. The number of rotatable bonds is 12. The van der Waals surface area contributed by atoms with E-state index in [1.54, 1.807) is 0 Å². The van der Waals surface area contributed by atoms with E-state index < -0.39 is 8.07 Å². The Morgan fingerprint density at radius 3 is 2.58 bits per heavy atom. The van der Waals surface area contributed by atoms with Crippen molar-refractivity contribution in [1.29, 1.82) is 5.41 Å². The molecule has 2 aromatic carbocycles. The highest BCUT2D eigenvalue weighted by atomic mass is 28.3. The number of fused-ring (bicyclic) bond motifs is 1. The number of oxazole rings is 1. The van der Waals surface area contributed by atoms with Crippen LogP contribution in [0.15, 0.2) is 51.9 Å². The Morgan fingerprint density at radius 1 is 1.11 bits per heavy atom. The summed E-state index contributed by atoms with van der Waals surface area (Å²) in [5.74, 6) is 2.11. The molecule has 1 aliphatic rings. The minimum atomic E-state index is -1.11. The van der Waals surface area contributed by atoms with Crippen LogP contribution in [0.1, 0.15) is 17.9 Å². The topological polar surface area (TPSA) is 93.2 Å². The summed E-state index contributed by atoms with van der Waals surface area (Å²) in [6.07, 6.45) is 1.83. The predicted molar refractivity (Wildman–Crippen MR) is 146 cm³/mol. The molecule has 0 atom stereocenters. The van der Waals surface area contributed by atoms with Crippen molar-refractivity contribution < 1.29 is 18.6 Å². The van der Waals surface area contributed by atoms with Crippen molar-refractivity contribution in [2.45, 2.75) is 38.7 Å². The lowest BCUT2D eigenvalue weighted by molar-refractivity contribution is 0.0308. The fraction of sp³-hybridized carbons (Fsp3) is 0.444. The second-order valence-corrected chi connectivity index (χ2v) is 15.7. The van der Waals surface area contributed by atoms with Gasteiger partial charge in [0.15, 0.2) is 5.58 Å². The van der Waals surface area contributed by atoms with Gasteiger partial charge in [-0.1, -0.05) is 19.6 Å². The van der Waals surface area contributed by atoms with Crippen LogP contribution >= 0.6 is 0 Å². The van der Waals surface area contributed by atoms with E-state index in [1.165, 1.54) is 6.21 Å². The molecule has 8 nitrogen and oxygen atoms in total. The van der Waals surface area contributed by atoms with E-state index in [1.807, 2.05) is 42.5 Å². The lowest BCUT2D eigenvalue weighted by atomic mass is 10.1. The van der Waals surface area contributed by atoms with Crippen LogP contribution in [0.2, 0.25) is 25.7 Å². The summed E-state index contributed by atoms with van der Waals surface area (Å²) >= 11 is 0. The van der Waals surface area contributed by atoms with Crippen molar-refractivity contribution in [3.05, 3.63) is 53.9 Å². The maximum Gasteiger partial charge on any atom is 0.209 e. The number of nitrogens with one attached hydrogen (secondary N) is 1. The number of hydrogen-bond acceptors (Lipinski definition) is 8. The molecule has 0 aliphatic carbocycles. The first-order valence-electron chi connectivity index (χ1n) is 12.5. The molecule has 1 saturated heterocycles. The van der Waals surface area contributed by atoms with Gasteiger partial charge in [-0.25, -0.2) is 4.98 Å². The maximum atomic E-state index is 7.52. The number of morpholine rings is 1. The Balaban J connectivity index is 1.36. The van der Waals surface area contributed by atoms with E-state index in [2.05, 4.69) is 34.5 Å². The molecule has 0 spiro atoms. The molecule has 1 aliphatic heterocycles. The zero-order chi connectivity index (χ0) is 25.4. The summed E-state index contributed by atoms with van der Waals surface area (Å²) in [4.78, 5) is 11.5. The van der Waals surface area contributed by atoms with Gasteiger partial charge in [0.2, 0.25) is 5.89 Å². The van der Waals surface area contributed by atoms with Gasteiger partial charge >= 0.3 is 0 Å². The van der Waals surface area contributed by atoms with Crippen LogP contribution in [0, 0.1) is 5.41 Å². The molecule has 0 bridgehead atoms. The fourth-order valence-corrected chi connectivity index (χ4v) is 4.58. The summed E-state index contributed by atoms with van der Waals surface area (Å²) in [5, 5.41) is 7.52. The van der Waals surface area contributed by atoms with Crippen LogP contribution in [0.3, 0.4) is 0 Å². The first-order valence-corrected chi connectivity index (χ1v) is 16.2. The van der Waals surface area contributed by atoms with Gasteiger partial charge in [-0.2, -0.15) is 0 Å². The van der Waals surface area contributed by atoms with E-state index >= 15 is 0 Å². The molecule has 0 unspecified atom stereocenters. The Kier molecular flexibility index (Phi) is 9.03. The zero-order valence-electron chi connectivity index (χ0n) is 21.5. The lowest BCUT2D eigenvalue weighted by Gasteiger charge is -2.24. The van der Waals surface area contributed by atoms with Gasteiger partial charge in [0, 0.05) is 46.5 Å². The molecule has 0 saturated carbocycles. The largest absolute Gasteiger partial charge is 0.457 e. The van der Waals surface area contributed by atoms with Crippen LogP contribution in [0.25, 0.3) is 11.1 Å². The van der Waals surface area contributed by atoms with E-state index in [4.69, 9.17) is 24.0 Å². The first kappa shape index (κ1) is 26.2. The Labute approximate surface area is 213 Å². The van der Waals surface area contributed by atoms with Gasteiger partial charge < -0.3 is 24.0 Å². The van der Waals surface area contributed by atoms with Gasteiger partial charge in [0.1, 0.15) is 23.7 Å². The monoisotopic (exact) mass is 508 g/mol. The maximum absolute atomic E-state index is 7.52. The standard InChI is InChI=1S/C27H36N4O4Si/c1-36(2,3)17-16-33-20-29-24(10-11-28)21-4-6-22(7-5-21)34-23-8-9-25-26(18-23)35-27(30-25)19-31-12-14-32-15-13-31/h4-9,11,18,28H,10,12-17,19-20H2,1-3H3. The molecule has 1 aromatic heterocycles. The molecule has 1 N–H and O–H groups in total. The minimum absolute atomic E-state index is 0.316. The van der Waals surface area contributed by atoms with Crippen molar-refractivity contribution in [3.8, 4) is 11.5 Å². The number of nitrogens with zero attached hydrogens (tertiary/aromatic N) is 3. The molecule has 2 heterocycles. The summed E-state index contributed by atoms with van der Waals surface area (Å²) in [6.45, 7) is 12.0. The summed E-state index contributed by atoms with van der Waals surface area (Å²) < 4.78 is 23.2. The van der Waals surface area contributed by atoms with Crippen molar-refractivity contribution in [3.63, 3.8) is 0 Å². The summed E-state index contributed by atoms with van der Waals surface area (Å²) in [6, 6.07) is 14.6. The highest BCUT2D eigenvalue weighted by Gasteiger charge is 2.15. The molecule has 4 rings (SSSR count). The second-order valence-electron chi connectivity index (χ2n) is 10.1. The number of aromatic nitrogens is 1. The third kappa shape index (κ3) is 7.82. The summed E-state index contributed by atoms with van der Waals surface area (Å²) in [5.41, 5.74) is 3.32. The first-order chi connectivity index (χ1) is 17.4. The molecular weight excluding hydrogens is 472 g/mol. The minimum Gasteiger partial charge on any atom is -0.457 e. The van der Waals surface area contributed by atoms with Crippen LogP contribution in [-0.4, -0.2) is 69.5 Å². The van der Waals surface area contributed by atoms with Crippen LogP contribution in [0.4, 0.5) is 0 Å². The molecule has 0 radical (unpaired) electrons. The van der Waals surface area contributed by atoms with Gasteiger partial charge in [-0.05, 0) is 48.0 Å². The van der Waals surface area contributed by atoms with E-state index in [9.17, 15) is 0 Å². The van der Waals surface area contributed by atoms with Crippen molar-refractivity contribution >= 4 is 31.1 Å². The molecule has 3 aromatic rings. The molecule has 1 fully saturated rings. The van der Waals surface area contributed by atoms with Crippen LogP contribution < -0.4 is 4.74 Å². The number of hydrogen-bond donors (Lipinski definition) is 1. The predicted octanol–water partition coefficient (Wildman–Crippen LogP) is 5.59. The average Bonchev–Trinajstić information content (AvgIpc) is 3.25. The fourth-order valence-electron chi connectivity index (χ4n) is 3.82. The van der Waals surface area contributed by atoms with Crippen molar-refractivity contribution in [2.75, 3.05) is 39.6 Å². The summed E-state index contributed by atoms with van der Waals surface area (Å²) in [7, 11) is -1.11. The average molecular weight is 509 g/mol. The van der Waals surface area contributed by atoms with E-state index in [-0.39, 0.29) is 0 Å². The van der Waals surface area contributed by atoms with Crippen LogP contribution in [-0.2, 0) is 16.0 Å². The SMILES string of the molecule is C[Si](C)(C)CCOCN=C(CC=N)c1ccc(Oc2ccc3nc(CN4CCOCC4)oc3c2)cc1. The van der Waals surface area contributed by atoms with Crippen LogP contribution in [0.5, 0.6) is 11.5 Å². The number of benzene rings is 2. The zero-order valence-corrected chi connectivity index (χ0v) is 22.5. The molecular formula is C27H36N4O4Si. The molecule has 192 valence electrons. The Hall–Kier alpha value is -2.85. The third-order valence-corrected chi connectivity index (χ3v) is 7.63. The molecule has 36 heavy (non-hydrogen) atoms. The normalized spacial score (nSPS) is 15.4. The third-order valence-electron chi connectivity index (χ3n) is 5.93. The van der Waals surface area contributed by atoms with E-state index in [0.717, 1.165) is 55.7 Å². The smallest absolute Gasteiger partial charge is 0.209 e.